The summed E-state index contributed by atoms with van der Waals surface area (Å²) in [6.45, 7) is 3.96. The van der Waals surface area contributed by atoms with Gasteiger partial charge in [-0.2, -0.15) is 5.26 Å². The zero-order valence-corrected chi connectivity index (χ0v) is 8.39. The van der Waals surface area contributed by atoms with Gasteiger partial charge in [-0.25, -0.2) is 0 Å². The molecule has 2 nitrogen and oxygen atoms in total. The van der Waals surface area contributed by atoms with Crippen LogP contribution in [-0.2, 0) is 0 Å². The summed E-state index contributed by atoms with van der Waals surface area (Å²) in [5, 5.41) is 8.34. The van der Waals surface area contributed by atoms with Crippen LogP contribution >= 0.6 is 0 Å². The average molecular weight is 184 g/mol. The lowest BCUT2D eigenvalue weighted by Crippen LogP contribution is -1.94. The van der Waals surface area contributed by atoms with Gasteiger partial charge in [0.15, 0.2) is 0 Å². The van der Waals surface area contributed by atoms with Crippen LogP contribution in [0, 0.1) is 37.0 Å². The maximum atomic E-state index is 8.34. The standard InChI is InChI=1S/C12H12N2/c1-9-10(2)12(14)7-6-11(9)5-3-4-8-13/h6-7H,4,14H2,1-2H3. The van der Waals surface area contributed by atoms with E-state index >= 15 is 0 Å². The van der Waals surface area contributed by atoms with Crippen molar-refractivity contribution in [3.05, 3.63) is 28.8 Å². The SMILES string of the molecule is Cc1c(N)ccc(C#CCC#N)c1C. The molecule has 70 valence electrons. The number of hydrogen-bond acceptors (Lipinski definition) is 2. The van der Waals surface area contributed by atoms with Crippen molar-refractivity contribution in [3.8, 4) is 17.9 Å². The number of nitrogens with two attached hydrogens (primary N) is 1. The molecule has 0 aliphatic heterocycles. The van der Waals surface area contributed by atoms with Crippen LogP contribution in [0.4, 0.5) is 5.69 Å². The smallest absolute Gasteiger partial charge is 0.0966 e. The van der Waals surface area contributed by atoms with E-state index in [4.69, 9.17) is 11.0 Å². The summed E-state index contributed by atoms with van der Waals surface area (Å²) < 4.78 is 0. The zero-order valence-electron chi connectivity index (χ0n) is 8.39. The Balaban J connectivity index is 3.09. The maximum Gasteiger partial charge on any atom is 0.0966 e. The molecule has 2 heteroatoms. The van der Waals surface area contributed by atoms with Crippen LogP contribution in [0.1, 0.15) is 23.1 Å². The molecule has 0 aliphatic rings. The molecule has 0 unspecified atom stereocenters. The molecule has 0 aromatic heterocycles. The summed E-state index contributed by atoms with van der Waals surface area (Å²) in [6, 6.07) is 5.72. The van der Waals surface area contributed by atoms with E-state index in [1.165, 1.54) is 0 Å². The Labute approximate surface area is 84.4 Å². The third-order valence-corrected chi connectivity index (χ3v) is 2.22. The molecule has 1 aromatic rings. The van der Waals surface area contributed by atoms with E-state index in [0.29, 0.717) is 0 Å². The highest BCUT2D eigenvalue weighted by Crippen LogP contribution is 2.18. The van der Waals surface area contributed by atoms with E-state index in [1.807, 2.05) is 32.0 Å². The molecule has 0 aliphatic carbocycles. The Hall–Kier alpha value is -1.93. The number of rotatable bonds is 0. The first-order chi connectivity index (χ1) is 6.66. The minimum atomic E-state index is 0.267. The van der Waals surface area contributed by atoms with Gasteiger partial charge >= 0.3 is 0 Å². The minimum Gasteiger partial charge on any atom is -0.399 e. The number of nitrogens with zero attached hydrogens (tertiary/aromatic N) is 1. The Bertz CT molecular complexity index is 442. The fourth-order valence-corrected chi connectivity index (χ4v) is 1.16. The van der Waals surface area contributed by atoms with Gasteiger partial charge in [0.25, 0.3) is 0 Å². The van der Waals surface area contributed by atoms with Crippen LogP contribution in [0.3, 0.4) is 0 Å². The largest absolute Gasteiger partial charge is 0.399 e. The Morgan fingerprint density at radius 1 is 1.29 bits per heavy atom. The summed E-state index contributed by atoms with van der Waals surface area (Å²) in [4.78, 5) is 0. The van der Waals surface area contributed by atoms with Crippen molar-refractivity contribution < 1.29 is 0 Å². The van der Waals surface area contributed by atoms with E-state index in [1.54, 1.807) is 0 Å². The third-order valence-electron chi connectivity index (χ3n) is 2.22. The second kappa shape index (κ2) is 4.35. The Morgan fingerprint density at radius 3 is 2.64 bits per heavy atom. The molecule has 14 heavy (non-hydrogen) atoms. The number of nitriles is 1. The molecule has 0 saturated carbocycles. The first-order valence-electron chi connectivity index (χ1n) is 4.38. The van der Waals surface area contributed by atoms with Gasteiger partial charge in [0.05, 0.1) is 12.5 Å². The molecule has 0 heterocycles. The van der Waals surface area contributed by atoms with Crippen LogP contribution in [-0.4, -0.2) is 0 Å². The topological polar surface area (TPSA) is 49.8 Å². The molecule has 0 spiro atoms. The summed E-state index contributed by atoms with van der Waals surface area (Å²) in [5.74, 6) is 5.74. The summed E-state index contributed by atoms with van der Waals surface area (Å²) in [6.07, 6.45) is 0.267. The molecule has 0 bridgehead atoms. The van der Waals surface area contributed by atoms with Crippen molar-refractivity contribution in [2.45, 2.75) is 20.3 Å². The van der Waals surface area contributed by atoms with Gasteiger partial charge in [0.1, 0.15) is 0 Å². The molecular weight excluding hydrogens is 172 g/mol. The van der Waals surface area contributed by atoms with Crippen LogP contribution in [0.25, 0.3) is 0 Å². The van der Waals surface area contributed by atoms with Crippen molar-refractivity contribution in [1.29, 1.82) is 5.26 Å². The molecule has 1 rings (SSSR count). The van der Waals surface area contributed by atoms with Gasteiger partial charge < -0.3 is 5.73 Å². The van der Waals surface area contributed by atoms with Crippen LogP contribution in [0.2, 0.25) is 0 Å². The zero-order chi connectivity index (χ0) is 10.6. The van der Waals surface area contributed by atoms with Gasteiger partial charge in [0, 0.05) is 11.3 Å². The molecule has 0 saturated heterocycles. The number of anilines is 1. The molecule has 0 radical (unpaired) electrons. The predicted molar refractivity (Wildman–Crippen MR) is 57.4 cm³/mol. The van der Waals surface area contributed by atoms with Crippen molar-refractivity contribution in [1.82, 2.24) is 0 Å². The van der Waals surface area contributed by atoms with E-state index < -0.39 is 0 Å². The van der Waals surface area contributed by atoms with Crippen LogP contribution in [0.5, 0.6) is 0 Å². The first-order valence-corrected chi connectivity index (χ1v) is 4.38. The second-order valence-electron chi connectivity index (χ2n) is 3.09. The van der Waals surface area contributed by atoms with Gasteiger partial charge in [-0.1, -0.05) is 11.8 Å². The highest BCUT2D eigenvalue weighted by atomic mass is 14.6. The molecule has 1 aromatic carbocycles. The van der Waals surface area contributed by atoms with Gasteiger partial charge in [0.2, 0.25) is 0 Å². The van der Waals surface area contributed by atoms with Gasteiger partial charge in [-0.15, -0.1) is 0 Å². The number of nitrogen functional groups attached to an aromatic ring is 1. The van der Waals surface area contributed by atoms with Gasteiger partial charge in [-0.05, 0) is 37.1 Å². The maximum absolute atomic E-state index is 8.34. The number of benzene rings is 1. The van der Waals surface area contributed by atoms with Crippen LogP contribution < -0.4 is 5.73 Å². The van der Waals surface area contributed by atoms with Crippen molar-refractivity contribution in [3.63, 3.8) is 0 Å². The molecule has 2 N–H and O–H groups in total. The minimum absolute atomic E-state index is 0.267. The lowest BCUT2D eigenvalue weighted by Gasteiger charge is -2.05. The van der Waals surface area contributed by atoms with Crippen molar-refractivity contribution in [2.24, 2.45) is 0 Å². The number of hydrogen-bond donors (Lipinski definition) is 1. The molecule has 0 amide bonds. The van der Waals surface area contributed by atoms with Crippen LogP contribution in [0.15, 0.2) is 12.1 Å². The lowest BCUT2D eigenvalue weighted by atomic mass is 10.0. The average Bonchev–Trinajstić information content (AvgIpc) is 2.18. The predicted octanol–water partition coefficient (Wildman–Crippen LogP) is 2.15. The monoisotopic (exact) mass is 184 g/mol. The van der Waals surface area contributed by atoms with Crippen molar-refractivity contribution >= 4 is 5.69 Å². The fraction of sp³-hybridized carbons (Fsp3) is 0.250. The van der Waals surface area contributed by atoms with E-state index in [9.17, 15) is 0 Å². The molecule has 0 atom stereocenters. The second-order valence-corrected chi connectivity index (χ2v) is 3.09. The molecule has 0 fully saturated rings. The summed E-state index contributed by atoms with van der Waals surface area (Å²) in [7, 11) is 0. The van der Waals surface area contributed by atoms with Crippen molar-refractivity contribution in [2.75, 3.05) is 5.73 Å². The highest BCUT2D eigenvalue weighted by molar-refractivity contribution is 5.56. The molecular formula is C12H12N2. The van der Waals surface area contributed by atoms with E-state index in [2.05, 4.69) is 11.8 Å². The summed E-state index contributed by atoms with van der Waals surface area (Å²) in [5.41, 5.74) is 9.64. The summed E-state index contributed by atoms with van der Waals surface area (Å²) >= 11 is 0. The van der Waals surface area contributed by atoms with Gasteiger partial charge in [-0.3, -0.25) is 0 Å². The first kappa shape index (κ1) is 10.2. The highest BCUT2D eigenvalue weighted by Gasteiger charge is 2.00. The normalized spacial score (nSPS) is 8.64. The lowest BCUT2D eigenvalue weighted by molar-refractivity contribution is 1.32. The third kappa shape index (κ3) is 2.06. The quantitative estimate of drug-likeness (QED) is 0.496. The fourth-order valence-electron chi connectivity index (χ4n) is 1.16. The van der Waals surface area contributed by atoms with E-state index in [-0.39, 0.29) is 6.42 Å². The Morgan fingerprint density at radius 2 is 2.00 bits per heavy atom. The Kier molecular flexibility index (Phi) is 3.15. The van der Waals surface area contributed by atoms with E-state index in [0.717, 1.165) is 22.4 Å².